The molecule has 3 rings (SSSR count). The lowest BCUT2D eigenvalue weighted by Crippen LogP contribution is -2.15. The van der Waals surface area contributed by atoms with Crippen LogP contribution in [0, 0.1) is 6.92 Å². The van der Waals surface area contributed by atoms with E-state index >= 15 is 0 Å². The Morgan fingerprint density at radius 1 is 1.38 bits per heavy atom. The Bertz CT molecular complexity index is 971. The maximum Gasteiger partial charge on any atom is 0.360 e. The maximum absolute atomic E-state index is 12.5. The van der Waals surface area contributed by atoms with Crippen molar-refractivity contribution in [1.29, 1.82) is 0 Å². The second kappa shape index (κ2) is 7.16. The van der Waals surface area contributed by atoms with Crippen molar-refractivity contribution in [3.63, 3.8) is 0 Å². The van der Waals surface area contributed by atoms with Gasteiger partial charge in [-0.1, -0.05) is 0 Å². The van der Waals surface area contributed by atoms with E-state index in [1.165, 1.54) is 11.8 Å². The molecule has 3 aromatic rings. The van der Waals surface area contributed by atoms with E-state index < -0.39 is 11.9 Å². The first-order valence-electron chi connectivity index (χ1n) is 7.59. The fraction of sp³-hybridized carbons (Fsp3) is 0.250. The summed E-state index contributed by atoms with van der Waals surface area (Å²) in [7, 11) is 2.93. The normalized spacial score (nSPS) is 10.8. The summed E-state index contributed by atoms with van der Waals surface area (Å²) in [5, 5.41) is 10.9. The number of hydrogen-bond donors (Lipinski definition) is 1. The third kappa shape index (κ3) is 3.54. The Morgan fingerprint density at radius 3 is 2.81 bits per heavy atom. The third-order valence-electron chi connectivity index (χ3n) is 3.76. The molecule has 136 valence electrons. The van der Waals surface area contributed by atoms with Crippen molar-refractivity contribution < 1.29 is 18.7 Å². The van der Waals surface area contributed by atoms with Crippen molar-refractivity contribution in [2.45, 2.75) is 13.5 Å². The highest BCUT2D eigenvalue weighted by molar-refractivity contribution is 9.10. The predicted molar refractivity (Wildman–Crippen MR) is 95.0 cm³/mol. The number of nitrogens with one attached hydrogen (secondary N) is 1. The molecule has 0 aromatic carbocycles. The van der Waals surface area contributed by atoms with Crippen LogP contribution >= 0.6 is 15.9 Å². The Labute approximate surface area is 157 Å². The molecule has 3 heterocycles. The number of halogens is 1. The van der Waals surface area contributed by atoms with Crippen LogP contribution < -0.4 is 5.32 Å². The summed E-state index contributed by atoms with van der Waals surface area (Å²) in [6, 6.07) is 3.26. The molecule has 0 unspecified atom stereocenters. The van der Waals surface area contributed by atoms with Gasteiger partial charge in [0, 0.05) is 13.2 Å². The highest BCUT2D eigenvalue weighted by Gasteiger charge is 2.23. The summed E-state index contributed by atoms with van der Waals surface area (Å²) < 4.78 is 14.3. The first kappa shape index (κ1) is 17.9. The minimum absolute atomic E-state index is 0.0361. The zero-order valence-corrected chi connectivity index (χ0v) is 15.9. The van der Waals surface area contributed by atoms with Crippen LogP contribution in [0.1, 0.15) is 32.5 Å². The Morgan fingerprint density at radius 2 is 2.15 bits per heavy atom. The number of anilines is 1. The second-order valence-electron chi connectivity index (χ2n) is 5.50. The molecule has 0 aliphatic carbocycles. The van der Waals surface area contributed by atoms with E-state index in [9.17, 15) is 9.59 Å². The smallest absolute Gasteiger partial charge is 0.360 e. The first-order chi connectivity index (χ1) is 12.4. The van der Waals surface area contributed by atoms with Crippen molar-refractivity contribution in [3.05, 3.63) is 51.9 Å². The molecule has 1 amide bonds. The zero-order chi connectivity index (χ0) is 18.8. The monoisotopic (exact) mass is 421 g/mol. The summed E-state index contributed by atoms with van der Waals surface area (Å²) in [5.74, 6) is -0.431. The van der Waals surface area contributed by atoms with E-state index in [0.29, 0.717) is 23.7 Å². The molecule has 1 N–H and O–H groups in total. The Hall–Kier alpha value is -2.88. The van der Waals surface area contributed by atoms with Crippen LogP contribution in [0.2, 0.25) is 0 Å². The largest absolute Gasteiger partial charge is 0.464 e. The molecular formula is C16H16BrN5O4. The molecular weight excluding hydrogens is 406 g/mol. The molecule has 0 bridgehead atoms. The van der Waals surface area contributed by atoms with Crippen molar-refractivity contribution in [1.82, 2.24) is 19.6 Å². The number of nitrogens with zero attached hydrogens (tertiary/aromatic N) is 4. The number of amides is 1. The van der Waals surface area contributed by atoms with E-state index in [4.69, 9.17) is 9.15 Å². The third-order valence-corrected chi connectivity index (χ3v) is 4.17. The number of esters is 1. The molecule has 0 spiro atoms. The average molecular weight is 422 g/mol. The van der Waals surface area contributed by atoms with E-state index in [1.54, 1.807) is 43.2 Å². The fourth-order valence-corrected chi connectivity index (χ4v) is 2.67. The van der Waals surface area contributed by atoms with Gasteiger partial charge < -0.3 is 14.5 Å². The van der Waals surface area contributed by atoms with Crippen LogP contribution in [0.25, 0.3) is 0 Å². The van der Waals surface area contributed by atoms with E-state index in [1.807, 2.05) is 0 Å². The fourth-order valence-electron chi connectivity index (χ4n) is 2.34. The van der Waals surface area contributed by atoms with E-state index in [-0.39, 0.29) is 11.5 Å². The molecule has 0 radical (unpaired) electrons. The molecule has 0 atom stereocenters. The van der Waals surface area contributed by atoms with Crippen LogP contribution in [0.4, 0.5) is 5.69 Å². The molecule has 3 aromatic heterocycles. The lowest BCUT2D eigenvalue weighted by molar-refractivity contribution is 0.0594. The van der Waals surface area contributed by atoms with Gasteiger partial charge in [0.25, 0.3) is 5.91 Å². The number of aromatic nitrogens is 4. The minimum Gasteiger partial charge on any atom is -0.464 e. The summed E-state index contributed by atoms with van der Waals surface area (Å²) >= 11 is 3.32. The Balaban J connectivity index is 1.78. The molecule has 0 aliphatic heterocycles. The molecule has 0 saturated heterocycles. The SMILES string of the molecule is COC(=O)c1nn(C)c(C)c1NC(=O)c1ccc(Cn2cc(Br)cn2)o1. The van der Waals surface area contributed by atoms with Gasteiger partial charge in [0.1, 0.15) is 5.76 Å². The van der Waals surface area contributed by atoms with Gasteiger partial charge in [0.2, 0.25) is 0 Å². The number of carbonyl (C=O) groups is 2. The molecule has 26 heavy (non-hydrogen) atoms. The zero-order valence-electron chi connectivity index (χ0n) is 14.3. The summed E-state index contributed by atoms with van der Waals surface area (Å²) in [4.78, 5) is 24.3. The van der Waals surface area contributed by atoms with Gasteiger partial charge in [-0.25, -0.2) is 4.79 Å². The summed E-state index contributed by atoms with van der Waals surface area (Å²) in [6.45, 7) is 2.12. The van der Waals surface area contributed by atoms with E-state index in [2.05, 4.69) is 31.4 Å². The van der Waals surface area contributed by atoms with Crippen molar-refractivity contribution in [3.8, 4) is 0 Å². The number of carbonyl (C=O) groups excluding carboxylic acids is 2. The van der Waals surface area contributed by atoms with Crippen LogP contribution in [0.3, 0.4) is 0 Å². The van der Waals surface area contributed by atoms with Gasteiger partial charge in [0.15, 0.2) is 11.5 Å². The van der Waals surface area contributed by atoms with Crippen molar-refractivity contribution in [2.75, 3.05) is 12.4 Å². The van der Waals surface area contributed by atoms with E-state index in [0.717, 1.165) is 4.47 Å². The van der Waals surface area contributed by atoms with Gasteiger partial charge in [-0.3, -0.25) is 14.2 Å². The van der Waals surface area contributed by atoms with Gasteiger partial charge in [0.05, 0.1) is 35.7 Å². The van der Waals surface area contributed by atoms with Gasteiger partial charge in [-0.05, 0) is 35.0 Å². The summed E-state index contributed by atoms with van der Waals surface area (Å²) in [6.07, 6.45) is 3.46. The molecule has 0 aliphatic rings. The van der Waals surface area contributed by atoms with Crippen LogP contribution in [0.15, 0.2) is 33.4 Å². The summed E-state index contributed by atoms with van der Waals surface area (Å²) in [5.41, 5.74) is 0.944. The molecule has 0 saturated carbocycles. The highest BCUT2D eigenvalue weighted by atomic mass is 79.9. The van der Waals surface area contributed by atoms with Gasteiger partial charge in [-0.15, -0.1) is 0 Å². The van der Waals surface area contributed by atoms with Crippen LogP contribution in [-0.2, 0) is 18.3 Å². The second-order valence-corrected chi connectivity index (χ2v) is 6.42. The highest BCUT2D eigenvalue weighted by Crippen LogP contribution is 2.22. The lowest BCUT2D eigenvalue weighted by Gasteiger charge is -2.04. The van der Waals surface area contributed by atoms with Crippen molar-refractivity contribution >= 4 is 33.5 Å². The quantitative estimate of drug-likeness (QED) is 0.634. The number of hydrogen-bond acceptors (Lipinski definition) is 6. The predicted octanol–water partition coefficient (Wildman–Crippen LogP) is 2.37. The van der Waals surface area contributed by atoms with Gasteiger partial charge in [-0.2, -0.15) is 10.2 Å². The molecule has 9 nitrogen and oxygen atoms in total. The standard InChI is InChI=1S/C16H16BrN5O4/c1-9-13(14(16(24)25-3)20-21(9)2)19-15(23)12-5-4-11(26-12)8-22-7-10(17)6-18-22/h4-7H,8H2,1-3H3,(H,19,23). The number of aryl methyl sites for hydroxylation is 1. The molecule has 10 heteroatoms. The average Bonchev–Trinajstić information content (AvgIpc) is 3.31. The number of methoxy groups -OCH3 is 1. The number of rotatable bonds is 5. The first-order valence-corrected chi connectivity index (χ1v) is 8.38. The minimum atomic E-state index is -0.631. The topological polar surface area (TPSA) is 104 Å². The van der Waals surface area contributed by atoms with Crippen LogP contribution in [-0.4, -0.2) is 38.5 Å². The molecule has 0 fully saturated rings. The van der Waals surface area contributed by atoms with Crippen molar-refractivity contribution in [2.24, 2.45) is 7.05 Å². The van der Waals surface area contributed by atoms with Crippen LogP contribution in [0.5, 0.6) is 0 Å². The van der Waals surface area contributed by atoms with Gasteiger partial charge >= 0.3 is 5.97 Å². The lowest BCUT2D eigenvalue weighted by atomic mass is 10.3. The number of furan rings is 1. The Kier molecular flexibility index (Phi) is 4.94. The number of ether oxygens (including phenoxy) is 1. The maximum atomic E-state index is 12.5.